The first-order valence-electron chi connectivity index (χ1n) is 6.54. The lowest BCUT2D eigenvalue weighted by molar-refractivity contribution is -0.112. The Morgan fingerprint density at radius 3 is 2.05 bits per heavy atom. The van der Waals surface area contributed by atoms with Crippen LogP contribution >= 0.6 is 0 Å². The van der Waals surface area contributed by atoms with E-state index in [-0.39, 0.29) is 11.4 Å². The molecule has 0 unspecified atom stereocenters. The van der Waals surface area contributed by atoms with Crippen LogP contribution < -0.4 is 15.2 Å². The Morgan fingerprint density at radius 1 is 1.05 bits per heavy atom. The summed E-state index contributed by atoms with van der Waals surface area (Å²) in [5, 5.41) is 0. The normalized spacial score (nSPS) is 11.1. The molecule has 114 valence electrons. The maximum atomic E-state index is 13.0. The number of benzene rings is 2. The van der Waals surface area contributed by atoms with E-state index in [1.54, 1.807) is 24.3 Å². The number of ether oxygens (including phenoxy) is 2. The molecule has 0 spiro atoms. The van der Waals surface area contributed by atoms with Crippen molar-refractivity contribution in [1.82, 2.24) is 0 Å². The van der Waals surface area contributed by atoms with Crippen molar-refractivity contribution < 1.29 is 18.7 Å². The van der Waals surface area contributed by atoms with Gasteiger partial charge in [-0.25, -0.2) is 4.39 Å². The van der Waals surface area contributed by atoms with Crippen molar-refractivity contribution in [2.75, 3.05) is 14.2 Å². The van der Waals surface area contributed by atoms with Gasteiger partial charge in [-0.15, -0.1) is 0 Å². The van der Waals surface area contributed by atoms with Gasteiger partial charge < -0.3 is 15.2 Å². The zero-order chi connectivity index (χ0) is 16.1. The molecule has 22 heavy (non-hydrogen) atoms. The topological polar surface area (TPSA) is 61.5 Å². The average Bonchev–Trinajstić information content (AvgIpc) is 2.53. The van der Waals surface area contributed by atoms with Crippen molar-refractivity contribution in [2.45, 2.75) is 0 Å². The van der Waals surface area contributed by atoms with Gasteiger partial charge in [-0.05, 0) is 41.5 Å². The molecule has 1 amide bonds. The molecule has 2 N–H and O–H groups in total. The van der Waals surface area contributed by atoms with Gasteiger partial charge in [0, 0.05) is 11.6 Å². The fourth-order valence-corrected chi connectivity index (χ4v) is 2.01. The van der Waals surface area contributed by atoms with Crippen molar-refractivity contribution >= 4 is 17.6 Å². The maximum absolute atomic E-state index is 13.0. The van der Waals surface area contributed by atoms with Gasteiger partial charge in [-0.2, -0.15) is 0 Å². The Bertz CT molecular complexity index is 686. The summed E-state index contributed by atoms with van der Waals surface area (Å²) in [6, 6.07) is 10.8. The summed E-state index contributed by atoms with van der Waals surface area (Å²) in [7, 11) is 3.08. The summed E-state index contributed by atoms with van der Waals surface area (Å²) in [5.74, 6) is 0.200. The van der Waals surface area contributed by atoms with Crippen LogP contribution in [0.2, 0.25) is 0 Å². The molecule has 2 aromatic rings. The van der Waals surface area contributed by atoms with Gasteiger partial charge >= 0.3 is 0 Å². The molecule has 0 saturated heterocycles. The molecule has 2 rings (SSSR count). The van der Waals surface area contributed by atoms with Crippen LogP contribution in [0.1, 0.15) is 11.1 Å². The van der Waals surface area contributed by atoms with Gasteiger partial charge in [0.1, 0.15) is 17.3 Å². The number of amides is 1. The van der Waals surface area contributed by atoms with Crippen LogP contribution in [0, 0.1) is 5.82 Å². The molecule has 5 heteroatoms. The molecule has 0 aliphatic rings. The minimum atomic E-state index is -0.603. The molecular weight excluding hydrogens is 285 g/mol. The summed E-state index contributed by atoms with van der Waals surface area (Å²) >= 11 is 0. The number of hydrogen-bond donors (Lipinski definition) is 1. The van der Waals surface area contributed by atoms with E-state index in [9.17, 15) is 9.18 Å². The minimum Gasteiger partial charge on any atom is -0.497 e. The molecular formula is C17H16FNO3. The first-order valence-corrected chi connectivity index (χ1v) is 6.54. The van der Waals surface area contributed by atoms with Crippen molar-refractivity contribution in [2.24, 2.45) is 5.73 Å². The van der Waals surface area contributed by atoms with E-state index in [0.717, 1.165) is 0 Å². The van der Waals surface area contributed by atoms with Crippen molar-refractivity contribution in [3.8, 4) is 11.5 Å². The van der Waals surface area contributed by atoms with Crippen molar-refractivity contribution in [3.63, 3.8) is 0 Å². The highest BCUT2D eigenvalue weighted by Gasteiger charge is 2.10. The zero-order valence-electron chi connectivity index (χ0n) is 12.3. The highest BCUT2D eigenvalue weighted by atomic mass is 19.1. The van der Waals surface area contributed by atoms with Crippen LogP contribution in [-0.4, -0.2) is 20.1 Å². The fourth-order valence-electron chi connectivity index (χ4n) is 2.01. The highest BCUT2D eigenvalue weighted by Crippen LogP contribution is 2.26. The maximum Gasteiger partial charge on any atom is 0.249 e. The summed E-state index contributed by atoms with van der Waals surface area (Å²) in [4.78, 5) is 11.7. The molecule has 0 aliphatic carbocycles. The van der Waals surface area contributed by atoms with E-state index in [4.69, 9.17) is 15.2 Å². The molecule has 0 bridgehead atoms. The van der Waals surface area contributed by atoms with Gasteiger partial charge in [0.2, 0.25) is 5.91 Å². The third-order valence-electron chi connectivity index (χ3n) is 3.11. The van der Waals surface area contributed by atoms with Crippen LogP contribution in [0.3, 0.4) is 0 Å². The predicted molar refractivity (Wildman–Crippen MR) is 83.0 cm³/mol. The molecule has 0 saturated carbocycles. The largest absolute Gasteiger partial charge is 0.497 e. The Morgan fingerprint density at radius 2 is 1.59 bits per heavy atom. The van der Waals surface area contributed by atoms with E-state index in [1.807, 2.05) is 0 Å². The standard InChI is InChI=1S/C17H16FNO3/c1-21-14-7-11(8-15(10-14)22-2)9-16(17(19)20)12-3-5-13(18)6-4-12/h3-10H,1-2H3,(H2,19,20)/b16-9-. The number of primary amides is 1. The lowest BCUT2D eigenvalue weighted by Crippen LogP contribution is -2.12. The van der Waals surface area contributed by atoms with E-state index in [1.165, 1.54) is 38.5 Å². The third-order valence-corrected chi connectivity index (χ3v) is 3.11. The minimum absolute atomic E-state index is 0.273. The quantitative estimate of drug-likeness (QED) is 0.682. The molecule has 0 heterocycles. The van der Waals surface area contributed by atoms with Crippen LogP contribution in [-0.2, 0) is 4.79 Å². The molecule has 0 aromatic heterocycles. The molecule has 0 atom stereocenters. The van der Waals surface area contributed by atoms with E-state index in [2.05, 4.69) is 0 Å². The Balaban J connectivity index is 2.50. The van der Waals surface area contributed by atoms with Gasteiger partial charge in [-0.3, -0.25) is 4.79 Å². The SMILES string of the molecule is COc1cc(/C=C(\C(N)=O)c2ccc(F)cc2)cc(OC)c1. The van der Waals surface area contributed by atoms with Gasteiger partial charge in [0.15, 0.2) is 0 Å². The Hall–Kier alpha value is -2.82. The lowest BCUT2D eigenvalue weighted by Gasteiger charge is -2.08. The summed E-state index contributed by atoms with van der Waals surface area (Å²) in [5.41, 5.74) is 6.93. The monoisotopic (exact) mass is 301 g/mol. The van der Waals surface area contributed by atoms with Crippen molar-refractivity contribution in [3.05, 3.63) is 59.4 Å². The first-order chi connectivity index (χ1) is 10.5. The van der Waals surface area contributed by atoms with E-state index in [0.29, 0.717) is 22.6 Å². The molecule has 0 aliphatic heterocycles. The summed E-state index contributed by atoms with van der Waals surface area (Å²) in [6.07, 6.45) is 1.61. The molecule has 2 aromatic carbocycles. The Labute approximate surface area is 128 Å². The van der Waals surface area contributed by atoms with Gasteiger partial charge in [0.25, 0.3) is 0 Å². The highest BCUT2D eigenvalue weighted by molar-refractivity contribution is 6.23. The van der Waals surface area contributed by atoms with E-state index < -0.39 is 5.91 Å². The van der Waals surface area contributed by atoms with Crippen LogP contribution in [0.4, 0.5) is 4.39 Å². The smallest absolute Gasteiger partial charge is 0.249 e. The molecule has 4 nitrogen and oxygen atoms in total. The number of rotatable bonds is 5. The Kier molecular flexibility index (Phi) is 4.78. The number of halogens is 1. The fraction of sp³-hybridized carbons (Fsp3) is 0.118. The number of carbonyl (C=O) groups excluding carboxylic acids is 1. The van der Waals surface area contributed by atoms with Crippen molar-refractivity contribution in [1.29, 1.82) is 0 Å². The zero-order valence-corrected chi connectivity index (χ0v) is 12.3. The summed E-state index contributed by atoms with van der Waals surface area (Å²) in [6.45, 7) is 0. The van der Waals surface area contributed by atoms with Gasteiger partial charge in [0.05, 0.1) is 14.2 Å². The number of carbonyl (C=O) groups is 1. The lowest BCUT2D eigenvalue weighted by atomic mass is 10.0. The molecule has 0 fully saturated rings. The second-order valence-electron chi connectivity index (χ2n) is 4.58. The van der Waals surface area contributed by atoms with Crippen LogP contribution in [0.25, 0.3) is 11.6 Å². The predicted octanol–water partition coefficient (Wildman–Crippen LogP) is 2.87. The number of methoxy groups -OCH3 is 2. The second kappa shape index (κ2) is 6.76. The number of nitrogens with two attached hydrogens (primary N) is 1. The van der Waals surface area contributed by atoms with E-state index >= 15 is 0 Å². The van der Waals surface area contributed by atoms with Gasteiger partial charge in [-0.1, -0.05) is 12.1 Å². The number of hydrogen-bond acceptors (Lipinski definition) is 3. The first kappa shape index (κ1) is 15.6. The summed E-state index contributed by atoms with van der Waals surface area (Å²) < 4.78 is 23.4. The third kappa shape index (κ3) is 3.63. The molecule has 0 radical (unpaired) electrons. The van der Waals surface area contributed by atoms with Crippen LogP contribution in [0.5, 0.6) is 11.5 Å². The second-order valence-corrected chi connectivity index (χ2v) is 4.58. The average molecular weight is 301 g/mol. The van der Waals surface area contributed by atoms with Crippen LogP contribution in [0.15, 0.2) is 42.5 Å².